The van der Waals surface area contributed by atoms with Crippen molar-refractivity contribution in [1.29, 1.82) is 0 Å². The summed E-state index contributed by atoms with van der Waals surface area (Å²) in [5.41, 5.74) is -0.811. The Morgan fingerprint density at radius 3 is 2.39 bits per heavy atom. The van der Waals surface area contributed by atoms with Crippen molar-refractivity contribution in [2.75, 3.05) is 6.54 Å². The van der Waals surface area contributed by atoms with E-state index in [0.717, 1.165) is 32.0 Å². The molecule has 0 aromatic carbocycles. The lowest BCUT2D eigenvalue weighted by Crippen LogP contribution is -2.49. The number of carbonyl (C=O) groups is 2. The third-order valence-corrected chi connectivity index (χ3v) is 4.89. The number of hydrogen-bond donors (Lipinski definition) is 1. The first kappa shape index (κ1) is 13.5. The van der Waals surface area contributed by atoms with Gasteiger partial charge >= 0.3 is 0 Å². The summed E-state index contributed by atoms with van der Waals surface area (Å²) in [4.78, 5) is 23.8. The SMILES string of the molecule is CCNC(=O)C1C(C=O)C2(CC)CCC1(CC)O2. The molecule has 2 aliphatic rings. The van der Waals surface area contributed by atoms with Gasteiger partial charge in [0.1, 0.15) is 6.29 Å². The molecule has 1 amide bonds. The molecule has 0 aromatic rings. The van der Waals surface area contributed by atoms with Crippen molar-refractivity contribution in [1.82, 2.24) is 5.32 Å². The highest BCUT2D eigenvalue weighted by molar-refractivity contribution is 5.84. The van der Waals surface area contributed by atoms with Crippen LogP contribution in [-0.2, 0) is 14.3 Å². The topological polar surface area (TPSA) is 55.4 Å². The van der Waals surface area contributed by atoms with Crippen molar-refractivity contribution in [2.24, 2.45) is 11.8 Å². The fourth-order valence-electron chi connectivity index (χ4n) is 3.86. The second-order valence-corrected chi connectivity index (χ2v) is 5.47. The zero-order valence-electron chi connectivity index (χ0n) is 11.5. The van der Waals surface area contributed by atoms with Gasteiger partial charge in [0.25, 0.3) is 0 Å². The van der Waals surface area contributed by atoms with Crippen LogP contribution in [0.25, 0.3) is 0 Å². The second kappa shape index (κ2) is 4.65. The summed E-state index contributed by atoms with van der Waals surface area (Å²) < 4.78 is 6.24. The van der Waals surface area contributed by atoms with E-state index in [1.165, 1.54) is 0 Å². The van der Waals surface area contributed by atoms with Crippen LogP contribution in [0, 0.1) is 11.8 Å². The highest BCUT2D eigenvalue weighted by Crippen LogP contribution is 2.59. The highest BCUT2D eigenvalue weighted by atomic mass is 16.5. The number of fused-ring (bicyclic) bond motifs is 2. The lowest BCUT2D eigenvalue weighted by atomic mass is 9.65. The number of aldehydes is 1. The number of ether oxygens (including phenoxy) is 1. The Morgan fingerprint density at radius 1 is 1.28 bits per heavy atom. The number of hydrogen-bond acceptors (Lipinski definition) is 3. The van der Waals surface area contributed by atoms with Gasteiger partial charge in [-0.25, -0.2) is 0 Å². The molecule has 0 aliphatic carbocycles. The number of amides is 1. The maximum Gasteiger partial charge on any atom is 0.226 e. The van der Waals surface area contributed by atoms with E-state index < -0.39 is 11.2 Å². The van der Waals surface area contributed by atoms with Crippen LogP contribution in [0.5, 0.6) is 0 Å². The molecule has 4 atom stereocenters. The van der Waals surface area contributed by atoms with Crippen LogP contribution in [0.4, 0.5) is 0 Å². The van der Waals surface area contributed by atoms with E-state index in [2.05, 4.69) is 5.32 Å². The quantitative estimate of drug-likeness (QED) is 0.758. The first-order valence-corrected chi connectivity index (χ1v) is 7.02. The standard InChI is InChI=1S/C14H23NO3/c1-4-13-7-8-14(5-2,18-13)11(10(13)9-16)12(17)15-6-3/h9-11H,4-8H2,1-3H3,(H,15,17). The fraction of sp³-hybridized carbons (Fsp3) is 0.857. The molecular formula is C14H23NO3. The molecule has 2 aliphatic heterocycles. The van der Waals surface area contributed by atoms with Crippen LogP contribution < -0.4 is 5.32 Å². The minimum Gasteiger partial charge on any atom is -0.367 e. The van der Waals surface area contributed by atoms with Crippen molar-refractivity contribution in [3.05, 3.63) is 0 Å². The van der Waals surface area contributed by atoms with Crippen LogP contribution in [0.15, 0.2) is 0 Å². The first-order valence-electron chi connectivity index (χ1n) is 7.02. The van der Waals surface area contributed by atoms with E-state index in [1.807, 2.05) is 20.8 Å². The molecule has 0 radical (unpaired) electrons. The smallest absolute Gasteiger partial charge is 0.226 e. The molecule has 2 saturated heterocycles. The maximum absolute atomic E-state index is 12.3. The third kappa shape index (κ3) is 1.62. The predicted molar refractivity (Wildman–Crippen MR) is 68.1 cm³/mol. The molecule has 2 rings (SSSR count). The van der Waals surface area contributed by atoms with Gasteiger partial charge in [-0.2, -0.15) is 0 Å². The molecule has 4 unspecified atom stereocenters. The monoisotopic (exact) mass is 253 g/mol. The number of rotatable bonds is 5. The molecule has 18 heavy (non-hydrogen) atoms. The molecule has 2 heterocycles. The molecule has 4 nitrogen and oxygen atoms in total. The Bertz CT molecular complexity index is 357. The molecule has 0 spiro atoms. The maximum atomic E-state index is 12.3. The largest absolute Gasteiger partial charge is 0.367 e. The van der Waals surface area contributed by atoms with Crippen LogP contribution in [-0.4, -0.2) is 29.9 Å². The van der Waals surface area contributed by atoms with Gasteiger partial charge in [-0.1, -0.05) is 13.8 Å². The van der Waals surface area contributed by atoms with Gasteiger partial charge in [-0.15, -0.1) is 0 Å². The minimum absolute atomic E-state index is 0.0218. The minimum atomic E-state index is -0.416. The van der Waals surface area contributed by atoms with Crippen molar-refractivity contribution in [3.8, 4) is 0 Å². The predicted octanol–water partition coefficient (Wildman–Crippen LogP) is 1.68. The Balaban J connectivity index is 2.37. The molecule has 2 bridgehead atoms. The van der Waals surface area contributed by atoms with Crippen LogP contribution in [0.1, 0.15) is 46.5 Å². The summed E-state index contributed by atoms with van der Waals surface area (Å²) in [7, 11) is 0. The molecule has 0 saturated carbocycles. The molecule has 102 valence electrons. The van der Waals surface area contributed by atoms with Gasteiger partial charge in [0.2, 0.25) is 5.91 Å². The fourth-order valence-corrected chi connectivity index (χ4v) is 3.86. The third-order valence-electron chi connectivity index (χ3n) is 4.89. The van der Waals surface area contributed by atoms with Gasteiger partial charge in [-0.05, 0) is 32.6 Å². The van der Waals surface area contributed by atoms with Crippen molar-refractivity contribution in [3.63, 3.8) is 0 Å². The molecule has 4 heteroatoms. The lowest BCUT2D eigenvalue weighted by Gasteiger charge is -2.34. The van der Waals surface area contributed by atoms with Gasteiger partial charge in [-0.3, -0.25) is 4.79 Å². The van der Waals surface area contributed by atoms with Crippen LogP contribution in [0.3, 0.4) is 0 Å². The normalized spacial score (nSPS) is 41.9. The zero-order chi connectivity index (χ0) is 13.4. The van der Waals surface area contributed by atoms with Crippen molar-refractivity contribution < 1.29 is 14.3 Å². The average Bonchev–Trinajstić information content (AvgIpc) is 2.90. The summed E-state index contributed by atoms with van der Waals surface area (Å²) in [6.45, 7) is 6.59. The Hall–Kier alpha value is -0.900. The van der Waals surface area contributed by atoms with E-state index >= 15 is 0 Å². The summed E-state index contributed by atoms with van der Waals surface area (Å²) >= 11 is 0. The number of nitrogens with one attached hydrogen (secondary N) is 1. The Kier molecular flexibility index (Phi) is 3.49. The van der Waals surface area contributed by atoms with E-state index in [9.17, 15) is 9.59 Å². The average molecular weight is 253 g/mol. The van der Waals surface area contributed by atoms with E-state index in [4.69, 9.17) is 4.74 Å². The molecule has 1 N–H and O–H groups in total. The molecule has 2 fully saturated rings. The van der Waals surface area contributed by atoms with E-state index in [-0.39, 0.29) is 17.7 Å². The van der Waals surface area contributed by atoms with Crippen molar-refractivity contribution >= 4 is 12.2 Å². The molecule has 0 aromatic heterocycles. The second-order valence-electron chi connectivity index (χ2n) is 5.47. The lowest BCUT2D eigenvalue weighted by molar-refractivity contribution is -0.133. The molecular weight excluding hydrogens is 230 g/mol. The van der Waals surface area contributed by atoms with Crippen LogP contribution >= 0.6 is 0 Å². The summed E-state index contributed by atoms with van der Waals surface area (Å²) in [6, 6.07) is 0. The first-order chi connectivity index (χ1) is 8.59. The van der Waals surface area contributed by atoms with Crippen LogP contribution in [0.2, 0.25) is 0 Å². The van der Waals surface area contributed by atoms with Crippen molar-refractivity contribution in [2.45, 2.75) is 57.7 Å². The van der Waals surface area contributed by atoms with Gasteiger partial charge in [0.05, 0.1) is 23.0 Å². The van der Waals surface area contributed by atoms with E-state index in [1.54, 1.807) is 0 Å². The summed E-state index contributed by atoms with van der Waals surface area (Å²) in [6.07, 6.45) is 4.33. The highest BCUT2D eigenvalue weighted by Gasteiger charge is 2.67. The zero-order valence-corrected chi connectivity index (χ0v) is 11.5. The Labute approximate surface area is 108 Å². The van der Waals surface area contributed by atoms with Gasteiger partial charge in [0, 0.05) is 6.54 Å². The van der Waals surface area contributed by atoms with Gasteiger partial charge < -0.3 is 14.8 Å². The summed E-state index contributed by atoms with van der Waals surface area (Å²) in [5, 5.41) is 2.86. The Morgan fingerprint density at radius 2 is 1.89 bits per heavy atom. The van der Waals surface area contributed by atoms with Gasteiger partial charge in [0.15, 0.2) is 0 Å². The van der Waals surface area contributed by atoms with E-state index in [0.29, 0.717) is 6.54 Å². The summed E-state index contributed by atoms with van der Waals surface area (Å²) in [5.74, 6) is -0.622. The number of carbonyl (C=O) groups excluding carboxylic acids is 2.